The molecule has 0 aliphatic heterocycles. The predicted octanol–water partition coefficient (Wildman–Crippen LogP) is 1.73. The molecule has 0 radical (unpaired) electrons. The first-order valence-electron chi connectivity index (χ1n) is 6.27. The highest BCUT2D eigenvalue weighted by Crippen LogP contribution is 2.25. The van der Waals surface area contributed by atoms with Crippen LogP contribution in [0.2, 0.25) is 0 Å². The molecule has 0 aliphatic carbocycles. The van der Waals surface area contributed by atoms with Crippen molar-refractivity contribution in [3.05, 3.63) is 30.5 Å². The smallest absolute Gasteiger partial charge is 0.307 e. The Labute approximate surface area is 115 Å². The van der Waals surface area contributed by atoms with E-state index in [9.17, 15) is 4.79 Å². The maximum atomic E-state index is 11.3. The van der Waals surface area contributed by atoms with Gasteiger partial charge in [-0.05, 0) is 6.07 Å². The second-order valence-corrected chi connectivity index (χ2v) is 4.46. The number of methoxy groups -OCH3 is 1. The normalized spacial score (nSPS) is 11.1. The molecule has 0 spiro atoms. The zero-order chi connectivity index (χ0) is 14.1. The molecule has 3 rings (SSSR count). The van der Waals surface area contributed by atoms with Gasteiger partial charge < -0.3 is 15.0 Å². The highest BCUT2D eigenvalue weighted by atomic mass is 16.5. The van der Waals surface area contributed by atoms with Crippen molar-refractivity contribution in [3.63, 3.8) is 0 Å². The summed E-state index contributed by atoms with van der Waals surface area (Å²) < 4.78 is 6.49. The molecule has 0 amide bonds. The maximum absolute atomic E-state index is 11.3. The summed E-state index contributed by atoms with van der Waals surface area (Å²) in [5.41, 5.74) is 8.45. The van der Waals surface area contributed by atoms with Crippen LogP contribution in [-0.2, 0) is 16.1 Å². The number of ether oxygens (including phenoxy) is 1. The molecule has 0 aliphatic rings. The van der Waals surface area contributed by atoms with Gasteiger partial charge in [0.15, 0.2) is 0 Å². The molecule has 0 unspecified atom stereocenters. The lowest BCUT2D eigenvalue weighted by atomic mass is 10.2. The van der Waals surface area contributed by atoms with Crippen molar-refractivity contribution in [3.8, 4) is 0 Å². The fraction of sp³-hybridized carbons (Fsp3) is 0.214. The number of hydrogen-bond donors (Lipinski definition) is 1. The van der Waals surface area contributed by atoms with Crippen molar-refractivity contribution in [2.45, 2.75) is 13.0 Å². The Morgan fingerprint density at radius 2 is 2.15 bits per heavy atom. The number of fused-ring (bicyclic) bond motifs is 3. The zero-order valence-electron chi connectivity index (χ0n) is 11.0. The van der Waals surface area contributed by atoms with Crippen molar-refractivity contribution < 1.29 is 9.53 Å². The van der Waals surface area contributed by atoms with Crippen LogP contribution in [0.15, 0.2) is 30.5 Å². The number of pyridine rings is 1. The van der Waals surface area contributed by atoms with Gasteiger partial charge in [0.2, 0.25) is 5.95 Å². The highest BCUT2D eigenvalue weighted by Gasteiger charge is 2.13. The first kappa shape index (κ1) is 12.4. The lowest BCUT2D eigenvalue weighted by Gasteiger charge is -2.07. The van der Waals surface area contributed by atoms with Gasteiger partial charge in [-0.15, -0.1) is 0 Å². The number of aryl methyl sites for hydroxylation is 1. The van der Waals surface area contributed by atoms with Gasteiger partial charge in [-0.25, -0.2) is 4.98 Å². The summed E-state index contributed by atoms with van der Waals surface area (Å²) in [5, 5.41) is 0.971. The zero-order valence-corrected chi connectivity index (χ0v) is 11.0. The molecule has 0 fully saturated rings. The number of carbonyl (C=O) groups excluding carboxylic acids is 1. The summed E-state index contributed by atoms with van der Waals surface area (Å²) in [6, 6.07) is 7.78. The van der Waals surface area contributed by atoms with Crippen molar-refractivity contribution in [1.82, 2.24) is 14.5 Å². The lowest BCUT2D eigenvalue weighted by molar-refractivity contribution is -0.140. The Balaban J connectivity index is 2.17. The summed E-state index contributed by atoms with van der Waals surface area (Å²) in [6.07, 6.45) is 1.95. The number of nitrogens with zero attached hydrogens (tertiary/aromatic N) is 3. The van der Waals surface area contributed by atoms with Gasteiger partial charge in [-0.2, -0.15) is 0 Å². The number of esters is 1. The van der Waals surface area contributed by atoms with Crippen LogP contribution >= 0.6 is 0 Å². The Morgan fingerprint density at radius 1 is 1.35 bits per heavy atom. The van der Waals surface area contributed by atoms with Gasteiger partial charge in [0.05, 0.1) is 30.8 Å². The van der Waals surface area contributed by atoms with E-state index >= 15 is 0 Å². The third-order valence-corrected chi connectivity index (χ3v) is 3.28. The van der Waals surface area contributed by atoms with E-state index < -0.39 is 0 Å². The van der Waals surface area contributed by atoms with E-state index in [1.807, 2.05) is 28.8 Å². The van der Waals surface area contributed by atoms with Crippen LogP contribution in [0.4, 0.5) is 5.95 Å². The summed E-state index contributed by atoms with van der Waals surface area (Å²) in [7, 11) is 1.37. The average molecular weight is 270 g/mol. The van der Waals surface area contributed by atoms with Gasteiger partial charge in [0.25, 0.3) is 0 Å². The van der Waals surface area contributed by atoms with E-state index in [1.54, 1.807) is 6.20 Å². The molecule has 0 saturated heterocycles. The quantitative estimate of drug-likeness (QED) is 0.733. The van der Waals surface area contributed by atoms with Crippen molar-refractivity contribution in [2.24, 2.45) is 0 Å². The van der Waals surface area contributed by atoms with E-state index in [4.69, 9.17) is 5.73 Å². The van der Waals surface area contributed by atoms with Gasteiger partial charge in [-0.3, -0.25) is 9.78 Å². The maximum Gasteiger partial charge on any atom is 0.307 e. The van der Waals surface area contributed by atoms with Crippen LogP contribution in [0.1, 0.15) is 6.42 Å². The van der Waals surface area contributed by atoms with E-state index in [0.717, 1.165) is 21.9 Å². The molecule has 0 saturated carbocycles. The molecular formula is C14H14N4O2. The number of para-hydroxylation sites is 1. The number of anilines is 1. The molecule has 1 aromatic carbocycles. The Kier molecular flexibility index (Phi) is 2.98. The molecular weight excluding hydrogens is 256 g/mol. The fourth-order valence-corrected chi connectivity index (χ4v) is 2.31. The number of carbonyl (C=O) groups is 1. The lowest BCUT2D eigenvalue weighted by Crippen LogP contribution is -2.09. The minimum Gasteiger partial charge on any atom is -0.469 e. The molecule has 2 N–H and O–H groups in total. The molecule has 6 heteroatoms. The first-order chi connectivity index (χ1) is 9.70. The number of imidazole rings is 1. The highest BCUT2D eigenvalue weighted by molar-refractivity contribution is 6.02. The van der Waals surface area contributed by atoms with Crippen LogP contribution in [-0.4, -0.2) is 27.6 Å². The monoisotopic (exact) mass is 270 g/mol. The third kappa shape index (κ3) is 1.95. The van der Waals surface area contributed by atoms with E-state index in [0.29, 0.717) is 12.5 Å². The minimum atomic E-state index is -0.274. The summed E-state index contributed by atoms with van der Waals surface area (Å²) in [4.78, 5) is 20.0. The Morgan fingerprint density at radius 3 is 2.95 bits per heavy atom. The van der Waals surface area contributed by atoms with Crippen LogP contribution in [0.25, 0.3) is 21.9 Å². The van der Waals surface area contributed by atoms with E-state index in [-0.39, 0.29) is 12.4 Å². The number of nitrogen functional groups attached to an aromatic ring is 1. The number of hydrogen-bond acceptors (Lipinski definition) is 5. The van der Waals surface area contributed by atoms with E-state index in [1.165, 1.54) is 7.11 Å². The number of nitrogens with two attached hydrogens (primary N) is 1. The topological polar surface area (TPSA) is 83.0 Å². The Bertz CT molecular complexity index is 794. The molecule has 20 heavy (non-hydrogen) atoms. The second-order valence-electron chi connectivity index (χ2n) is 4.46. The number of rotatable bonds is 3. The molecule has 102 valence electrons. The molecule has 6 nitrogen and oxygen atoms in total. The molecule has 2 aromatic heterocycles. The number of aromatic nitrogens is 3. The van der Waals surface area contributed by atoms with Crippen molar-refractivity contribution in [1.29, 1.82) is 0 Å². The largest absolute Gasteiger partial charge is 0.469 e. The van der Waals surface area contributed by atoms with Crippen LogP contribution in [0, 0.1) is 0 Å². The van der Waals surface area contributed by atoms with Gasteiger partial charge in [0, 0.05) is 11.9 Å². The Hall–Kier alpha value is -2.63. The minimum absolute atomic E-state index is 0.253. The molecule has 0 atom stereocenters. The van der Waals surface area contributed by atoms with Crippen LogP contribution in [0.5, 0.6) is 0 Å². The predicted molar refractivity (Wildman–Crippen MR) is 76.1 cm³/mol. The van der Waals surface area contributed by atoms with Gasteiger partial charge in [-0.1, -0.05) is 18.2 Å². The van der Waals surface area contributed by atoms with Gasteiger partial charge >= 0.3 is 5.97 Å². The fourth-order valence-electron chi connectivity index (χ4n) is 2.31. The van der Waals surface area contributed by atoms with E-state index in [2.05, 4.69) is 14.7 Å². The second kappa shape index (κ2) is 4.80. The van der Waals surface area contributed by atoms with Crippen LogP contribution < -0.4 is 5.73 Å². The standard InChI is InChI=1S/C14H14N4O2/c1-20-12(19)6-7-18-13-9-4-2-3-5-10(9)16-8-11(13)17-14(18)15/h2-5,8H,6-7H2,1H3,(H2,15,17). The van der Waals surface area contributed by atoms with Crippen LogP contribution in [0.3, 0.4) is 0 Å². The SMILES string of the molecule is COC(=O)CCn1c(N)nc2cnc3ccccc3c21. The molecule has 2 heterocycles. The summed E-state index contributed by atoms with van der Waals surface area (Å²) >= 11 is 0. The third-order valence-electron chi connectivity index (χ3n) is 3.28. The molecule has 0 bridgehead atoms. The van der Waals surface area contributed by atoms with Gasteiger partial charge in [0.1, 0.15) is 5.52 Å². The van der Waals surface area contributed by atoms with Crippen molar-refractivity contribution >= 4 is 33.9 Å². The number of benzene rings is 1. The van der Waals surface area contributed by atoms with Crippen molar-refractivity contribution in [2.75, 3.05) is 12.8 Å². The summed E-state index contributed by atoms with van der Waals surface area (Å²) in [5.74, 6) is 0.103. The first-order valence-corrected chi connectivity index (χ1v) is 6.27. The average Bonchev–Trinajstić information content (AvgIpc) is 2.80. The molecule has 3 aromatic rings. The summed E-state index contributed by atoms with van der Waals surface area (Å²) in [6.45, 7) is 0.434.